The lowest BCUT2D eigenvalue weighted by Gasteiger charge is -2.30. The van der Waals surface area contributed by atoms with Gasteiger partial charge in [-0.25, -0.2) is 0 Å². The van der Waals surface area contributed by atoms with Crippen LogP contribution in [-0.2, 0) is 17.9 Å². The highest BCUT2D eigenvalue weighted by Crippen LogP contribution is 2.34. The fourth-order valence-corrected chi connectivity index (χ4v) is 4.03. The van der Waals surface area contributed by atoms with Crippen molar-refractivity contribution in [2.45, 2.75) is 45.7 Å². The molecule has 0 radical (unpaired) electrons. The summed E-state index contributed by atoms with van der Waals surface area (Å²) in [5, 5.41) is 2.79. The van der Waals surface area contributed by atoms with Crippen molar-refractivity contribution in [3.05, 3.63) is 47.7 Å². The smallest absolute Gasteiger partial charge is 0.325 e. The normalized spacial score (nSPS) is 16.2. The summed E-state index contributed by atoms with van der Waals surface area (Å²) in [5.41, 5.74) is 8.93. The van der Waals surface area contributed by atoms with Crippen LogP contribution in [0.25, 0.3) is 0 Å². The zero-order valence-corrected chi connectivity index (χ0v) is 18.1. The summed E-state index contributed by atoms with van der Waals surface area (Å²) in [5.74, 6) is 1.19. The van der Waals surface area contributed by atoms with E-state index in [-0.39, 0.29) is 24.3 Å². The number of aromatic nitrogens is 2. The number of ether oxygens (including phenoxy) is 1. The van der Waals surface area contributed by atoms with Crippen molar-refractivity contribution in [3.8, 4) is 6.01 Å². The first-order valence-electron chi connectivity index (χ1n) is 10.9. The Labute approximate surface area is 183 Å². The molecule has 1 aromatic carbocycles. The summed E-state index contributed by atoms with van der Waals surface area (Å²) in [7, 11) is 0. The predicted octanol–water partition coefficient (Wildman–Crippen LogP) is 3.31. The number of fused-ring (bicyclic) bond motifs is 1. The van der Waals surface area contributed by atoms with Crippen LogP contribution < -0.4 is 20.7 Å². The summed E-state index contributed by atoms with van der Waals surface area (Å²) in [4.78, 5) is 25.3. The van der Waals surface area contributed by atoms with Crippen molar-refractivity contribution in [3.63, 3.8) is 0 Å². The number of rotatable bonds is 8. The van der Waals surface area contributed by atoms with Gasteiger partial charge in [-0.1, -0.05) is 37.8 Å². The molecule has 1 aromatic heterocycles. The van der Waals surface area contributed by atoms with Gasteiger partial charge < -0.3 is 20.7 Å². The molecule has 3 heterocycles. The average Bonchev–Trinajstić information content (AvgIpc) is 3.23. The molecule has 0 aliphatic carbocycles. The van der Waals surface area contributed by atoms with Crippen molar-refractivity contribution in [2.75, 3.05) is 35.6 Å². The van der Waals surface area contributed by atoms with Crippen LogP contribution in [0.3, 0.4) is 0 Å². The molecule has 3 N–H and O–H groups in total. The molecule has 0 unspecified atom stereocenters. The number of benzene rings is 1. The minimum Gasteiger partial charge on any atom is -0.429 e. The molecular weight excluding hydrogens is 392 g/mol. The second-order valence-electron chi connectivity index (χ2n) is 8.18. The third-order valence-corrected chi connectivity index (χ3v) is 5.56. The van der Waals surface area contributed by atoms with Crippen molar-refractivity contribution in [1.29, 1.82) is 0 Å². The molecule has 0 saturated carbocycles. The minimum atomic E-state index is -0.141. The Morgan fingerprint density at radius 3 is 2.52 bits per heavy atom. The molecule has 2 aromatic rings. The number of amides is 1. The van der Waals surface area contributed by atoms with Crippen LogP contribution in [0, 0.1) is 0 Å². The number of carbonyl (C=O) groups is 1. The van der Waals surface area contributed by atoms with Gasteiger partial charge in [-0.15, -0.1) is 0 Å². The Kier molecular flexibility index (Phi) is 6.36. The number of carbonyl (C=O) groups excluding carboxylic acids is 1. The van der Waals surface area contributed by atoms with E-state index in [2.05, 4.69) is 51.0 Å². The lowest BCUT2D eigenvalue weighted by molar-refractivity contribution is -0.115. The Morgan fingerprint density at radius 2 is 1.84 bits per heavy atom. The van der Waals surface area contributed by atoms with Crippen LogP contribution in [0.5, 0.6) is 6.01 Å². The number of hydrogen-bond donors (Lipinski definition) is 2. The number of hydrogen-bond acceptors (Lipinski definition) is 7. The maximum absolute atomic E-state index is 12.3. The van der Waals surface area contributed by atoms with Crippen LogP contribution in [0.4, 0.5) is 17.3 Å². The van der Waals surface area contributed by atoms with E-state index >= 15 is 0 Å². The zero-order chi connectivity index (χ0) is 21.8. The first-order valence-corrected chi connectivity index (χ1v) is 10.9. The van der Waals surface area contributed by atoms with E-state index in [4.69, 9.17) is 10.5 Å². The van der Waals surface area contributed by atoms with Gasteiger partial charge in [0.15, 0.2) is 11.6 Å². The van der Waals surface area contributed by atoms with Crippen LogP contribution in [-0.4, -0.2) is 40.4 Å². The standard InChI is InChI=1S/C23H30N6O2/c1-3-6-16(2)31-23-26-21(24)20-22(27-23)29(15-19(30)25-20)14-18-9-7-17(8-10-18)13-28-11-4-5-12-28/h7-10H,2-6,11-15H2,1H3,(H,25,30)(H2,24,26,27). The molecule has 1 saturated heterocycles. The van der Waals surface area contributed by atoms with E-state index in [0.29, 0.717) is 30.2 Å². The predicted molar refractivity (Wildman–Crippen MR) is 122 cm³/mol. The molecule has 31 heavy (non-hydrogen) atoms. The number of anilines is 3. The molecule has 2 aliphatic heterocycles. The van der Waals surface area contributed by atoms with Crippen LogP contribution in [0.1, 0.15) is 43.7 Å². The summed E-state index contributed by atoms with van der Waals surface area (Å²) < 4.78 is 5.67. The highest BCUT2D eigenvalue weighted by Gasteiger charge is 2.27. The van der Waals surface area contributed by atoms with Gasteiger partial charge in [0.2, 0.25) is 5.91 Å². The summed E-state index contributed by atoms with van der Waals surface area (Å²) in [6.07, 6.45) is 4.20. The third-order valence-electron chi connectivity index (χ3n) is 5.56. The Hall–Kier alpha value is -3.13. The van der Waals surface area contributed by atoms with E-state index in [1.54, 1.807) is 0 Å². The van der Waals surface area contributed by atoms with E-state index in [9.17, 15) is 4.79 Å². The highest BCUT2D eigenvalue weighted by atomic mass is 16.5. The second kappa shape index (κ2) is 9.34. The molecule has 0 atom stereocenters. The molecule has 1 fully saturated rings. The van der Waals surface area contributed by atoms with Gasteiger partial charge in [0.25, 0.3) is 0 Å². The molecule has 8 nitrogen and oxygen atoms in total. The first-order chi connectivity index (χ1) is 15.0. The molecule has 0 bridgehead atoms. The highest BCUT2D eigenvalue weighted by molar-refractivity contribution is 6.03. The number of nitrogens with one attached hydrogen (secondary N) is 1. The molecule has 2 aliphatic rings. The molecule has 8 heteroatoms. The number of allylic oxidation sites excluding steroid dienone is 1. The molecule has 1 amide bonds. The van der Waals surface area contributed by atoms with Crippen molar-refractivity contribution >= 4 is 23.2 Å². The van der Waals surface area contributed by atoms with Gasteiger partial charge in [0.1, 0.15) is 11.4 Å². The molecule has 164 valence electrons. The first kappa shape index (κ1) is 21.1. The van der Waals surface area contributed by atoms with Gasteiger partial charge in [-0.3, -0.25) is 9.69 Å². The third kappa shape index (κ3) is 5.14. The largest absolute Gasteiger partial charge is 0.429 e. The quantitative estimate of drug-likeness (QED) is 0.630. The summed E-state index contributed by atoms with van der Waals surface area (Å²) >= 11 is 0. The zero-order valence-electron chi connectivity index (χ0n) is 18.1. The Morgan fingerprint density at radius 1 is 1.16 bits per heavy atom. The summed E-state index contributed by atoms with van der Waals surface area (Å²) in [6, 6.07) is 8.70. The van der Waals surface area contributed by atoms with Crippen LogP contribution >= 0.6 is 0 Å². The van der Waals surface area contributed by atoms with Gasteiger partial charge in [0.05, 0.1) is 6.54 Å². The van der Waals surface area contributed by atoms with Gasteiger partial charge in [-0.2, -0.15) is 9.97 Å². The Bertz CT molecular complexity index is 953. The van der Waals surface area contributed by atoms with Crippen LogP contribution in [0.15, 0.2) is 36.6 Å². The number of nitrogen functional groups attached to an aromatic ring is 1. The van der Waals surface area contributed by atoms with E-state index < -0.39 is 0 Å². The van der Waals surface area contributed by atoms with Gasteiger partial charge in [0, 0.05) is 19.5 Å². The maximum Gasteiger partial charge on any atom is 0.325 e. The SMILES string of the molecule is C=C(CCC)Oc1nc(N)c2c(n1)N(Cc1ccc(CN3CCCC3)cc1)CC(=O)N2. The minimum absolute atomic E-state index is 0.141. The van der Waals surface area contributed by atoms with Crippen molar-refractivity contribution in [1.82, 2.24) is 14.9 Å². The number of nitrogens with two attached hydrogens (primary N) is 1. The van der Waals surface area contributed by atoms with Gasteiger partial charge in [-0.05, 0) is 43.5 Å². The molecular formula is C23H30N6O2. The van der Waals surface area contributed by atoms with E-state index in [1.807, 2.05) is 11.8 Å². The van der Waals surface area contributed by atoms with E-state index in [1.165, 1.54) is 31.5 Å². The lowest BCUT2D eigenvalue weighted by Crippen LogP contribution is -2.39. The van der Waals surface area contributed by atoms with Gasteiger partial charge >= 0.3 is 6.01 Å². The summed E-state index contributed by atoms with van der Waals surface area (Å²) in [6.45, 7) is 10.0. The Balaban J connectivity index is 1.51. The fourth-order valence-electron chi connectivity index (χ4n) is 4.03. The molecule has 4 rings (SSSR count). The fraction of sp³-hybridized carbons (Fsp3) is 0.435. The monoisotopic (exact) mass is 422 g/mol. The lowest BCUT2D eigenvalue weighted by atomic mass is 10.1. The maximum atomic E-state index is 12.3. The van der Waals surface area contributed by atoms with E-state index in [0.717, 1.165) is 18.5 Å². The average molecular weight is 423 g/mol. The number of nitrogens with zero attached hydrogens (tertiary/aromatic N) is 4. The van der Waals surface area contributed by atoms with Crippen LogP contribution in [0.2, 0.25) is 0 Å². The van der Waals surface area contributed by atoms with Crippen molar-refractivity contribution < 1.29 is 9.53 Å². The second-order valence-corrected chi connectivity index (χ2v) is 8.18. The van der Waals surface area contributed by atoms with Crippen molar-refractivity contribution in [2.24, 2.45) is 0 Å². The topological polar surface area (TPSA) is 96.6 Å². The number of likely N-dealkylation sites (tertiary alicyclic amines) is 1. The molecule has 0 spiro atoms.